The third-order valence-corrected chi connectivity index (χ3v) is 4.74. The average Bonchev–Trinajstić information content (AvgIpc) is 2.63. The summed E-state index contributed by atoms with van der Waals surface area (Å²) in [6.45, 7) is 6.99. The van der Waals surface area contributed by atoms with Crippen LogP contribution >= 0.6 is 0 Å². The number of piperazine rings is 1. The standard InChI is InChI=1S/C19H25N3O/c1-16(18-8-5-9-20-14-18)22-12-10-21(11-13-22)15-19(23)17-6-3-2-4-7-17/h2-9,14,16,19,23H,10-13,15H2,1H3/t16-,19-/m1/s1. The third kappa shape index (κ3) is 4.16. The first-order chi connectivity index (χ1) is 11.2. The van der Waals surface area contributed by atoms with Gasteiger partial charge in [0.1, 0.15) is 0 Å². The minimum Gasteiger partial charge on any atom is -0.387 e. The molecule has 122 valence electrons. The number of nitrogens with zero attached hydrogens (tertiary/aromatic N) is 3. The number of aliphatic hydroxyl groups excluding tert-OH is 1. The normalized spacial score (nSPS) is 19.4. The molecule has 1 aliphatic heterocycles. The van der Waals surface area contributed by atoms with Gasteiger partial charge in [-0.1, -0.05) is 36.4 Å². The van der Waals surface area contributed by atoms with Crippen molar-refractivity contribution in [1.82, 2.24) is 14.8 Å². The molecule has 1 N–H and O–H groups in total. The predicted molar refractivity (Wildman–Crippen MR) is 92.1 cm³/mol. The molecule has 4 nitrogen and oxygen atoms in total. The van der Waals surface area contributed by atoms with Crippen molar-refractivity contribution in [3.8, 4) is 0 Å². The van der Waals surface area contributed by atoms with Crippen molar-refractivity contribution in [3.63, 3.8) is 0 Å². The van der Waals surface area contributed by atoms with Crippen molar-refractivity contribution in [2.45, 2.75) is 19.1 Å². The molecule has 1 aromatic carbocycles. The van der Waals surface area contributed by atoms with Crippen molar-refractivity contribution >= 4 is 0 Å². The van der Waals surface area contributed by atoms with Crippen LogP contribution in [0.5, 0.6) is 0 Å². The summed E-state index contributed by atoms with van der Waals surface area (Å²) in [6.07, 6.45) is 3.37. The number of hydrogen-bond acceptors (Lipinski definition) is 4. The molecule has 1 saturated heterocycles. The van der Waals surface area contributed by atoms with Crippen LogP contribution in [0.3, 0.4) is 0 Å². The minimum absolute atomic E-state index is 0.393. The lowest BCUT2D eigenvalue weighted by atomic mass is 10.1. The van der Waals surface area contributed by atoms with Crippen LogP contribution in [0.25, 0.3) is 0 Å². The van der Waals surface area contributed by atoms with Gasteiger partial charge in [-0.05, 0) is 24.1 Å². The van der Waals surface area contributed by atoms with E-state index in [0.29, 0.717) is 12.6 Å². The van der Waals surface area contributed by atoms with Gasteiger partial charge in [0.25, 0.3) is 0 Å². The van der Waals surface area contributed by atoms with E-state index in [1.54, 1.807) is 0 Å². The maximum absolute atomic E-state index is 10.4. The van der Waals surface area contributed by atoms with E-state index in [0.717, 1.165) is 31.7 Å². The molecule has 0 bridgehead atoms. The quantitative estimate of drug-likeness (QED) is 0.921. The van der Waals surface area contributed by atoms with Crippen LogP contribution in [0.15, 0.2) is 54.9 Å². The molecular formula is C19H25N3O. The largest absolute Gasteiger partial charge is 0.387 e. The number of β-amino-alcohol motifs (C(OH)–C–C–N with tert-alkyl or cyclic N) is 1. The van der Waals surface area contributed by atoms with E-state index in [4.69, 9.17) is 0 Å². The van der Waals surface area contributed by atoms with Crippen molar-refractivity contribution < 1.29 is 5.11 Å². The van der Waals surface area contributed by atoms with E-state index < -0.39 is 6.10 Å². The van der Waals surface area contributed by atoms with E-state index in [-0.39, 0.29) is 0 Å². The van der Waals surface area contributed by atoms with Gasteiger partial charge < -0.3 is 5.11 Å². The molecule has 4 heteroatoms. The van der Waals surface area contributed by atoms with Gasteiger partial charge >= 0.3 is 0 Å². The van der Waals surface area contributed by atoms with Crippen LogP contribution in [0.1, 0.15) is 30.2 Å². The molecule has 1 aromatic heterocycles. The van der Waals surface area contributed by atoms with Crippen LogP contribution in [0, 0.1) is 0 Å². The molecule has 0 aliphatic carbocycles. The van der Waals surface area contributed by atoms with Crippen LogP contribution in [0.4, 0.5) is 0 Å². The highest BCUT2D eigenvalue weighted by Gasteiger charge is 2.23. The molecule has 2 heterocycles. The Labute approximate surface area is 138 Å². The summed E-state index contributed by atoms with van der Waals surface area (Å²) < 4.78 is 0. The second-order valence-corrected chi connectivity index (χ2v) is 6.23. The van der Waals surface area contributed by atoms with E-state index in [1.165, 1.54) is 5.56 Å². The molecule has 23 heavy (non-hydrogen) atoms. The Morgan fingerprint density at radius 2 is 1.70 bits per heavy atom. The Kier molecular flexibility index (Phi) is 5.39. The van der Waals surface area contributed by atoms with Crippen LogP contribution in [-0.2, 0) is 0 Å². The van der Waals surface area contributed by atoms with E-state index in [2.05, 4.69) is 27.8 Å². The minimum atomic E-state index is -0.404. The summed E-state index contributed by atoms with van der Waals surface area (Å²) in [6, 6.07) is 14.5. The second kappa shape index (κ2) is 7.68. The first-order valence-electron chi connectivity index (χ1n) is 8.33. The lowest BCUT2D eigenvalue weighted by Crippen LogP contribution is -2.48. The molecule has 0 unspecified atom stereocenters. The topological polar surface area (TPSA) is 39.6 Å². The number of aromatic nitrogens is 1. The highest BCUT2D eigenvalue weighted by Crippen LogP contribution is 2.21. The lowest BCUT2D eigenvalue weighted by molar-refractivity contribution is 0.0589. The van der Waals surface area contributed by atoms with Gasteiger partial charge in [-0.2, -0.15) is 0 Å². The molecule has 2 aromatic rings. The van der Waals surface area contributed by atoms with Crippen LogP contribution < -0.4 is 0 Å². The molecule has 0 spiro atoms. The molecule has 2 atom stereocenters. The van der Waals surface area contributed by atoms with Crippen LogP contribution in [-0.4, -0.2) is 52.6 Å². The summed E-state index contributed by atoms with van der Waals surface area (Å²) in [4.78, 5) is 9.06. The summed E-state index contributed by atoms with van der Waals surface area (Å²) in [5.41, 5.74) is 2.27. The number of aliphatic hydroxyl groups is 1. The van der Waals surface area contributed by atoms with Gasteiger partial charge in [0.05, 0.1) is 6.10 Å². The highest BCUT2D eigenvalue weighted by atomic mass is 16.3. The van der Waals surface area contributed by atoms with E-state index in [1.807, 2.05) is 48.8 Å². The SMILES string of the molecule is C[C@H](c1cccnc1)N1CCN(C[C@@H](O)c2ccccc2)CC1. The zero-order valence-electron chi connectivity index (χ0n) is 13.7. The summed E-state index contributed by atoms with van der Waals surface area (Å²) in [7, 11) is 0. The fourth-order valence-electron chi connectivity index (χ4n) is 3.19. The van der Waals surface area contributed by atoms with E-state index in [9.17, 15) is 5.11 Å². The van der Waals surface area contributed by atoms with Crippen LogP contribution in [0.2, 0.25) is 0 Å². The Bertz CT molecular complexity index is 582. The summed E-state index contributed by atoms with van der Waals surface area (Å²) in [5, 5.41) is 10.4. The Morgan fingerprint density at radius 3 is 2.35 bits per heavy atom. The predicted octanol–water partition coefficient (Wildman–Crippen LogP) is 2.49. The zero-order chi connectivity index (χ0) is 16.1. The summed E-state index contributed by atoms with van der Waals surface area (Å²) >= 11 is 0. The highest BCUT2D eigenvalue weighted by molar-refractivity contribution is 5.17. The fourth-order valence-corrected chi connectivity index (χ4v) is 3.19. The van der Waals surface area contributed by atoms with Gasteiger partial charge in [0.2, 0.25) is 0 Å². The maximum Gasteiger partial charge on any atom is 0.0916 e. The van der Waals surface area contributed by atoms with Crippen molar-refractivity contribution in [1.29, 1.82) is 0 Å². The molecular weight excluding hydrogens is 286 g/mol. The smallest absolute Gasteiger partial charge is 0.0916 e. The van der Waals surface area contributed by atoms with E-state index >= 15 is 0 Å². The molecule has 1 aliphatic rings. The number of pyridine rings is 1. The van der Waals surface area contributed by atoms with Crippen molar-refractivity contribution in [2.24, 2.45) is 0 Å². The first-order valence-corrected chi connectivity index (χ1v) is 8.33. The molecule has 0 amide bonds. The third-order valence-electron chi connectivity index (χ3n) is 4.74. The number of hydrogen-bond donors (Lipinski definition) is 1. The number of rotatable bonds is 5. The lowest BCUT2D eigenvalue weighted by Gasteiger charge is -2.38. The van der Waals surface area contributed by atoms with Gasteiger partial charge in [-0.3, -0.25) is 14.8 Å². The molecule has 0 saturated carbocycles. The zero-order valence-corrected chi connectivity index (χ0v) is 13.7. The fraction of sp³-hybridized carbons (Fsp3) is 0.421. The maximum atomic E-state index is 10.4. The van der Waals surface area contributed by atoms with Gasteiger partial charge in [0, 0.05) is 51.2 Å². The Morgan fingerprint density at radius 1 is 1.00 bits per heavy atom. The number of benzene rings is 1. The second-order valence-electron chi connectivity index (χ2n) is 6.23. The molecule has 0 radical (unpaired) electrons. The van der Waals surface area contributed by atoms with Crippen molar-refractivity contribution in [3.05, 3.63) is 66.0 Å². The monoisotopic (exact) mass is 311 g/mol. The Balaban J connectivity index is 1.51. The van der Waals surface area contributed by atoms with Gasteiger partial charge in [-0.25, -0.2) is 0 Å². The first kappa shape index (κ1) is 16.1. The van der Waals surface area contributed by atoms with Gasteiger partial charge in [-0.15, -0.1) is 0 Å². The molecule has 1 fully saturated rings. The Hall–Kier alpha value is -1.75. The molecule has 3 rings (SSSR count). The van der Waals surface area contributed by atoms with Gasteiger partial charge in [0.15, 0.2) is 0 Å². The summed E-state index contributed by atoms with van der Waals surface area (Å²) in [5.74, 6) is 0. The average molecular weight is 311 g/mol. The van der Waals surface area contributed by atoms with Crippen molar-refractivity contribution in [2.75, 3.05) is 32.7 Å².